The van der Waals surface area contributed by atoms with Gasteiger partial charge in [-0.15, -0.1) is 0 Å². The number of para-hydroxylation sites is 1. The van der Waals surface area contributed by atoms with Crippen LogP contribution in [-0.2, 0) is 16.5 Å². The summed E-state index contributed by atoms with van der Waals surface area (Å²) in [6, 6.07) is 18.6. The van der Waals surface area contributed by atoms with Crippen molar-refractivity contribution in [3.8, 4) is 11.3 Å². The van der Waals surface area contributed by atoms with Crippen molar-refractivity contribution >= 4 is 32.7 Å². The summed E-state index contributed by atoms with van der Waals surface area (Å²) >= 11 is 3.67. The van der Waals surface area contributed by atoms with Crippen molar-refractivity contribution in [1.82, 2.24) is 10.3 Å². The third-order valence-electron chi connectivity index (χ3n) is 6.38. The van der Waals surface area contributed by atoms with Gasteiger partial charge in [-0.1, -0.05) is 83.7 Å². The molecule has 3 aromatic rings. The highest BCUT2D eigenvalue weighted by Gasteiger charge is 2.23. The Hall–Kier alpha value is -2.20. The molecular weight excluding hydrogens is 436 g/mol. The van der Waals surface area contributed by atoms with E-state index < -0.39 is 0 Å². The lowest BCUT2D eigenvalue weighted by atomic mass is 9.84. The maximum Gasteiger partial charge on any atom is 0.224 e. The van der Waals surface area contributed by atoms with Crippen LogP contribution in [0.5, 0.6) is 0 Å². The lowest BCUT2D eigenvalue weighted by molar-refractivity contribution is -0.121. The molecule has 1 saturated carbocycles. The predicted octanol–water partition coefficient (Wildman–Crippen LogP) is 6.42. The zero-order valence-electron chi connectivity index (χ0n) is 17.5. The summed E-state index contributed by atoms with van der Waals surface area (Å²) in [5, 5.41) is 5.02. The van der Waals surface area contributed by atoms with Gasteiger partial charge in [-0.05, 0) is 42.9 Å². The third kappa shape index (κ3) is 4.59. The number of pyridine rings is 1. The Morgan fingerprint density at radius 1 is 1.03 bits per heavy atom. The number of alkyl halides is 1. The number of halogens is 1. The van der Waals surface area contributed by atoms with Crippen molar-refractivity contribution in [1.29, 1.82) is 0 Å². The van der Waals surface area contributed by atoms with Gasteiger partial charge in [0.15, 0.2) is 0 Å². The van der Waals surface area contributed by atoms with E-state index in [4.69, 9.17) is 4.98 Å². The van der Waals surface area contributed by atoms with Gasteiger partial charge in [0.05, 0.1) is 17.6 Å². The molecule has 1 N–H and O–H groups in total. The standard InChI is InChI=1S/C26H29BrN2O/c1-18(19-10-4-2-5-11-19)28-25(30)16-22-21-14-8-9-15-24(21)29-26(23(22)17-27)20-12-6-3-7-13-20/h3,6-9,12-15,18-19H,2,4-5,10-11,16-17H2,1H3,(H,28,30)/t18-/m0/s1. The Kier molecular flexibility index (Phi) is 6.83. The van der Waals surface area contributed by atoms with E-state index in [-0.39, 0.29) is 11.9 Å². The van der Waals surface area contributed by atoms with Crippen LogP contribution in [0.15, 0.2) is 54.6 Å². The summed E-state index contributed by atoms with van der Waals surface area (Å²) in [7, 11) is 0. The normalized spacial score (nSPS) is 15.8. The van der Waals surface area contributed by atoms with Gasteiger partial charge < -0.3 is 5.32 Å². The Bertz CT molecular complexity index is 1010. The minimum absolute atomic E-state index is 0.102. The second kappa shape index (κ2) is 9.74. The molecule has 1 atom stereocenters. The number of fused-ring (bicyclic) bond motifs is 1. The average molecular weight is 465 g/mol. The highest BCUT2D eigenvalue weighted by Crippen LogP contribution is 2.32. The summed E-state index contributed by atoms with van der Waals surface area (Å²) in [4.78, 5) is 18.0. The molecule has 1 aliphatic rings. The quantitative estimate of drug-likeness (QED) is 0.427. The molecule has 3 nitrogen and oxygen atoms in total. The zero-order valence-corrected chi connectivity index (χ0v) is 19.1. The van der Waals surface area contributed by atoms with Crippen LogP contribution in [0.4, 0.5) is 0 Å². The molecular formula is C26H29BrN2O. The fourth-order valence-electron chi connectivity index (χ4n) is 4.72. The monoisotopic (exact) mass is 464 g/mol. The molecule has 1 fully saturated rings. The van der Waals surface area contributed by atoms with Gasteiger partial charge in [-0.25, -0.2) is 4.98 Å². The van der Waals surface area contributed by atoms with Crippen molar-refractivity contribution in [3.05, 3.63) is 65.7 Å². The molecule has 0 radical (unpaired) electrons. The molecule has 1 aliphatic carbocycles. The average Bonchev–Trinajstić information content (AvgIpc) is 2.80. The summed E-state index contributed by atoms with van der Waals surface area (Å²) in [5.41, 5.74) is 5.14. The summed E-state index contributed by atoms with van der Waals surface area (Å²) < 4.78 is 0. The van der Waals surface area contributed by atoms with Gasteiger partial charge in [-0.2, -0.15) is 0 Å². The van der Waals surface area contributed by atoms with E-state index in [2.05, 4.69) is 46.4 Å². The minimum Gasteiger partial charge on any atom is -0.353 e. The van der Waals surface area contributed by atoms with E-state index in [1.54, 1.807) is 0 Å². The Morgan fingerprint density at radius 3 is 2.47 bits per heavy atom. The first-order valence-electron chi connectivity index (χ1n) is 11.0. The molecule has 0 saturated heterocycles. The number of hydrogen-bond acceptors (Lipinski definition) is 2. The topological polar surface area (TPSA) is 42.0 Å². The van der Waals surface area contributed by atoms with Crippen LogP contribution >= 0.6 is 15.9 Å². The van der Waals surface area contributed by atoms with Crippen LogP contribution in [-0.4, -0.2) is 16.9 Å². The number of amides is 1. The van der Waals surface area contributed by atoms with Gasteiger partial charge >= 0.3 is 0 Å². The summed E-state index contributed by atoms with van der Waals surface area (Å²) in [6.45, 7) is 2.17. The molecule has 0 spiro atoms. The first kappa shape index (κ1) is 21.0. The Labute approximate surface area is 187 Å². The van der Waals surface area contributed by atoms with E-state index >= 15 is 0 Å². The maximum absolute atomic E-state index is 13.1. The number of nitrogens with zero attached hydrogens (tertiary/aromatic N) is 1. The molecule has 1 aromatic heterocycles. The molecule has 4 heteroatoms. The van der Waals surface area contributed by atoms with Gasteiger partial charge in [0.2, 0.25) is 5.91 Å². The Morgan fingerprint density at radius 2 is 1.73 bits per heavy atom. The van der Waals surface area contributed by atoms with Crippen LogP contribution < -0.4 is 5.32 Å². The van der Waals surface area contributed by atoms with Crippen LogP contribution in [0.3, 0.4) is 0 Å². The minimum atomic E-state index is 0.102. The van der Waals surface area contributed by atoms with Gasteiger partial charge in [0.25, 0.3) is 0 Å². The maximum atomic E-state index is 13.1. The van der Waals surface area contributed by atoms with E-state index in [0.29, 0.717) is 17.7 Å². The second-order valence-corrected chi connectivity index (χ2v) is 8.93. The molecule has 2 aromatic carbocycles. The van der Waals surface area contributed by atoms with Gasteiger partial charge in [0, 0.05) is 22.3 Å². The van der Waals surface area contributed by atoms with Crippen molar-refractivity contribution in [2.45, 2.75) is 56.8 Å². The van der Waals surface area contributed by atoms with E-state index in [0.717, 1.165) is 33.3 Å². The highest BCUT2D eigenvalue weighted by molar-refractivity contribution is 9.08. The first-order valence-corrected chi connectivity index (χ1v) is 12.1. The van der Waals surface area contributed by atoms with E-state index in [1.165, 1.54) is 32.1 Å². The largest absolute Gasteiger partial charge is 0.353 e. The fraction of sp³-hybridized carbons (Fsp3) is 0.385. The van der Waals surface area contributed by atoms with Gasteiger partial charge in [-0.3, -0.25) is 4.79 Å². The fourth-order valence-corrected chi connectivity index (χ4v) is 5.32. The van der Waals surface area contributed by atoms with Crippen LogP contribution in [0.2, 0.25) is 0 Å². The number of carbonyl (C=O) groups is 1. The molecule has 4 rings (SSSR count). The number of aromatic nitrogens is 1. The number of nitrogens with one attached hydrogen (secondary N) is 1. The molecule has 0 aliphatic heterocycles. The van der Waals surface area contributed by atoms with Gasteiger partial charge in [0.1, 0.15) is 0 Å². The lowest BCUT2D eigenvalue weighted by Gasteiger charge is -2.28. The lowest BCUT2D eigenvalue weighted by Crippen LogP contribution is -2.39. The summed E-state index contributed by atoms with van der Waals surface area (Å²) in [6.07, 6.45) is 6.73. The number of hydrogen-bond donors (Lipinski definition) is 1. The molecule has 0 bridgehead atoms. The van der Waals surface area contributed by atoms with E-state index in [9.17, 15) is 4.79 Å². The Balaban J connectivity index is 1.67. The summed E-state index contributed by atoms with van der Waals surface area (Å²) in [5.74, 6) is 0.707. The number of carbonyl (C=O) groups excluding carboxylic acids is 1. The third-order valence-corrected chi connectivity index (χ3v) is 6.94. The smallest absolute Gasteiger partial charge is 0.224 e. The number of rotatable bonds is 6. The molecule has 1 heterocycles. The predicted molar refractivity (Wildman–Crippen MR) is 128 cm³/mol. The SMILES string of the molecule is C[C@H](NC(=O)Cc1c(CBr)c(-c2ccccc2)nc2ccccc12)C1CCCCC1. The van der Waals surface area contributed by atoms with Crippen molar-refractivity contribution in [3.63, 3.8) is 0 Å². The molecule has 1 amide bonds. The van der Waals surface area contributed by atoms with Crippen LogP contribution in [0.25, 0.3) is 22.2 Å². The zero-order chi connectivity index (χ0) is 20.9. The number of benzene rings is 2. The van der Waals surface area contributed by atoms with Crippen molar-refractivity contribution < 1.29 is 4.79 Å². The van der Waals surface area contributed by atoms with E-state index in [1.807, 2.05) is 36.4 Å². The van der Waals surface area contributed by atoms with Crippen LogP contribution in [0, 0.1) is 5.92 Å². The van der Waals surface area contributed by atoms with Crippen molar-refractivity contribution in [2.75, 3.05) is 0 Å². The molecule has 156 valence electrons. The first-order chi connectivity index (χ1) is 14.7. The van der Waals surface area contributed by atoms with Crippen molar-refractivity contribution in [2.24, 2.45) is 5.92 Å². The highest BCUT2D eigenvalue weighted by atomic mass is 79.9. The van der Waals surface area contributed by atoms with Crippen LogP contribution in [0.1, 0.15) is 50.2 Å². The molecule has 30 heavy (non-hydrogen) atoms. The molecule has 0 unspecified atom stereocenters. The second-order valence-electron chi connectivity index (χ2n) is 8.37.